The molecule has 1 aromatic carbocycles. The molecule has 0 amide bonds. The highest BCUT2D eigenvalue weighted by atomic mass is 79.9. The van der Waals surface area contributed by atoms with E-state index in [-0.39, 0.29) is 0 Å². The first kappa shape index (κ1) is 10.2. The first-order valence-electron chi connectivity index (χ1n) is 3.55. The van der Waals surface area contributed by atoms with Gasteiger partial charge in [0.15, 0.2) is 0 Å². The molecule has 1 rings (SSSR count). The third-order valence-electron chi connectivity index (χ3n) is 1.57. The van der Waals surface area contributed by atoms with Crippen LogP contribution in [0.1, 0.15) is 15.9 Å². The summed E-state index contributed by atoms with van der Waals surface area (Å²) in [6.45, 7) is 0.927. The lowest BCUT2D eigenvalue weighted by atomic mass is 10.1. The standard InChI is InChI=1S/C9H8BrO3/c1-13-9(12)7-4-2-3-6(5-11)8(7)10/h2-5,11H,1H3. The minimum Gasteiger partial charge on any atom is -0.465 e. The fraction of sp³-hybridized carbons (Fsp3) is 0.111. The van der Waals surface area contributed by atoms with Gasteiger partial charge in [0.25, 0.3) is 0 Å². The highest BCUT2D eigenvalue weighted by Crippen LogP contribution is 2.22. The van der Waals surface area contributed by atoms with Gasteiger partial charge in [0.05, 0.1) is 12.7 Å². The number of hydrogen-bond donors (Lipinski definition) is 1. The number of ether oxygens (including phenoxy) is 1. The number of halogens is 1. The molecule has 0 saturated heterocycles. The van der Waals surface area contributed by atoms with Crippen molar-refractivity contribution in [1.29, 1.82) is 0 Å². The van der Waals surface area contributed by atoms with Crippen LogP contribution >= 0.6 is 15.9 Å². The van der Waals surface area contributed by atoms with Crippen molar-refractivity contribution < 1.29 is 14.6 Å². The van der Waals surface area contributed by atoms with Crippen LogP contribution in [0.4, 0.5) is 0 Å². The Labute approximate surface area is 84.5 Å². The van der Waals surface area contributed by atoms with Crippen LogP contribution < -0.4 is 0 Å². The van der Waals surface area contributed by atoms with Crippen LogP contribution in [0.25, 0.3) is 0 Å². The fourth-order valence-corrected chi connectivity index (χ4v) is 1.45. The lowest BCUT2D eigenvalue weighted by Gasteiger charge is -2.05. The van der Waals surface area contributed by atoms with Gasteiger partial charge in [-0.05, 0) is 27.6 Å². The van der Waals surface area contributed by atoms with Gasteiger partial charge in [0.2, 0.25) is 0 Å². The summed E-state index contributed by atoms with van der Waals surface area (Å²) in [4.78, 5) is 11.2. The zero-order valence-corrected chi connectivity index (χ0v) is 8.54. The lowest BCUT2D eigenvalue weighted by molar-refractivity contribution is 0.0599. The van der Waals surface area contributed by atoms with Gasteiger partial charge in [-0.2, -0.15) is 0 Å². The van der Waals surface area contributed by atoms with Crippen LogP contribution in [0.5, 0.6) is 0 Å². The van der Waals surface area contributed by atoms with Crippen molar-refractivity contribution in [2.45, 2.75) is 0 Å². The van der Waals surface area contributed by atoms with Crippen LogP contribution in [0.2, 0.25) is 0 Å². The Morgan fingerprint density at radius 3 is 2.85 bits per heavy atom. The van der Waals surface area contributed by atoms with E-state index in [0.717, 1.165) is 6.61 Å². The molecule has 69 valence electrons. The molecule has 0 aromatic heterocycles. The first-order chi connectivity index (χ1) is 6.20. The molecule has 1 N–H and O–H groups in total. The predicted octanol–water partition coefficient (Wildman–Crippen LogP) is 2.12. The highest BCUT2D eigenvalue weighted by Gasteiger charge is 2.12. The van der Waals surface area contributed by atoms with E-state index < -0.39 is 5.97 Å². The monoisotopic (exact) mass is 243 g/mol. The number of carbonyl (C=O) groups is 1. The number of benzene rings is 1. The number of hydrogen-bond acceptors (Lipinski definition) is 3. The smallest absolute Gasteiger partial charge is 0.339 e. The van der Waals surface area contributed by atoms with E-state index in [4.69, 9.17) is 5.11 Å². The molecule has 13 heavy (non-hydrogen) atoms. The van der Waals surface area contributed by atoms with Crippen molar-refractivity contribution >= 4 is 21.9 Å². The number of aliphatic hydroxyl groups excluding tert-OH is 1. The van der Waals surface area contributed by atoms with Crippen molar-refractivity contribution in [3.8, 4) is 0 Å². The van der Waals surface area contributed by atoms with Crippen molar-refractivity contribution in [3.05, 3.63) is 40.4 Å². The maximum absolute atomic E-state index is 11.2. The predicted molar refractivity (Wildman–Crippen MR) is 50.8 cm³/mol. The van der Waals surface area contributed by atoms with E-state index >= 15 is 0 Å². The SMILES string of the molecule is COC(=O)c1cccc([CH]O)c1Br. The highest BCUT2D eigenvalue weighted by molar-refractivity contribution is 9.10. The Morgan fingerprint density at radius 1 is 1.62 bits per heavy atom. The van der Waals surface area contributed by atoms with E-state index in [1.807, 2.05) is 0 Å². The summed E-state index contributed by atoms with van der Waals surface area (Å²) < 4.78 is 5.08. The zero-order chi connectivity index (χ0) is 9.84. The summed E-state index contributed by atoms with van der Waals surface area (Å²) in [6, 6.07) is 4.96. The van der Waals surface area contributed by atoms with Crippen molar-refractivity contribution in [2.24, 2.45) is 0 Å². The Bertz CT molecular complexity index is 323. The molecule has 0 aliphatic heterocycles. The molecule has 1 aromatic rings. The number of methoxy groups -OCH3 is 1. The molecule has 0 bridgehead atoms. The summed E-state index contributed by atoms with van der Waals surface area (Å²) in [6.07, 6.45) is 0. The normalized spacial score (nSPS) is 9.77. The molecule has 4 heteroatoms. The quantitative estimate of drug-likeness (QED) is 0.810. The molecular weight excluding hydrogens is 236 g/mol. The first-order valence-corrected chi connectivity index (χ1v) is 4.34. The van der Waals surface area contributed by atoms with Gasteiger partial charge in [-0.15, -0.1) is 0 Å². The summed E-state index contributed by atoms with van der Waals surface area (Å²) in [5.74, 6) is -0.435. The topological polar surface area (TPSA) is 46.5 Å². The maximum Gasteiger partial charge on any atom is 0.339 e. The van der Waals surface area contributed by atoms with E-state index in [1.165, 1.54) is 7.11 Å². The molecule has 0 aliphatic carbocycles. The van der Waals surface area contributed by atoms with Gasteiger partial charge in [-0.1, -0.05) is 12.1 Å². The Balaban J connectivity index is 3.15. The second-order valence-corrected chi connectivity index (χ2v) is 3.12. The van der Waals surface area contributed by atoms with Gasteiger partial charge >= 0.3 is 5.97 Å². The third kappa shape index (κ3) is 2.08. The molecule has 0 aliphatic rings. The molecule has 0 fully saturated rings. The van der Waals surface area contributed by atoms with Crippen LogP contribution in [0.3, 0.4) is 0 Å². The second-order valence-electron chi connectivity index (χ2n) is 2.33. The minimum absolute atomic E-state index is 0.394. The van der Waals surface area contributed by atoms with E-state index in [2.05, 4.69) is 20.7 Å². The molecule has 0 saturated carbocycles. The van der Waals surface area contributed by atoms with E-state index in [0.29, 0.717) is 15.6 Å². The van der Waals surface area contributed by atoms with Gasteiger partial charge in [0.1, 0.15) is 6.61 Å². The van der Waals surface area contributed by atoms with E-state index in [1.54, 1.807) is 18.2 Å². The Hall–Kier alpha value is -0.870. The third-order valence-corrected chi connectivity index (χ3v) is 2.46. The number of aliphatic hydroxyl groups is 1. The lowest BCUT2D eigenvalue weighted by Crippen LogP contribution is -2.03. The summed E-state index contributed by atoms with van der Waals surface area (Å²) >= 11 is 3.19. The number of esters is 1. The Morgan fingerprint density at radius 2 is 2.31 bits per heavy atom. The number of carbonyl (C=O) groups excluding carboxylic acids is 1. The summed E-state index contributed by atoms with van der Waals surface area (Å²) in [5, 5.41) is 8.79. The molecular formula is C9H8BrO3. The average molecular weight is 244 g/mol. The molecule has 3 nitrogen and oxygen atoms in total. The largest absolute Gasteiger partial charge is 0.465 e. The van der Waals surface area contributed by atoms with Gasteiger partial charge in [-0.25, -0.2) is 4.79 Å². The van der Waals surface area contributed by atoms with Gasteiger partial charge < -0.3 is 9.84 Å². The zero-order valence-electron chi connectivity index (χ0n) is 6.95. The second kappa shape index (κ2) is 4.39. The van der Waals surface area contributed by atoms with Crippen LogP contribution in [0.15, 0.2) is 22.7 Å². The van der Waals surface area contributed by atoms with Gasteiger partial charge in [0, 0.05) is 4.47 Å². The fourth-order valence-electron chi connectivity index (χ4n) is 0.917. The molecule has 0 spiro atoms. The minimum atomic E-state index is -0.435. The average Bonchev–Trinajstić information content (AvgIpc) is 2.17. The van der Waals surface area contributed by atoms with Crippen molar-refractivity contribution in [3.63, 3.8) is 0 Å². The molecule has 0 unspecified atom stereocenters. The van der Waals surface area contributed by atoms with Crippen LogP contribution in [0, 0.1) is 6.61 Å². The van der Waals surface area contributed by atoms with Crippen LogP contribution in [-0.4, -0.2) is 18.2 Å². The number of rotatable bonds is 2. The van der Waals surface area contributed by atoms with E-state index in [9.17, 15) is 4.79 Å². The molecule has 1 radical (unpaired) electrons. The maximum atomic E-state index is 11.2. The molecule has 0 atom stereocenters. The van der Waals surface area contributed by atoms with Gasteiger partial charge in [-0.3, -0.25) is 0 Å². The summed E-state index contributed by atoms with van der Waals surface area (Å²) in [7, 11) is 1.31. The van der Waals surface area contributed by atoms with Crippen molar-refractivity contribution in [2.75, 3.05) is 7.11 Å². The summed E-state index contributed by atoms with van der Waals surface area (Å²) in [5.41, 5.74) is 0.938. The van der Waals surface area contributed by atoms with Crippen LogP contribution in [-0.2, 0) is 4.74 Å². The van der Waals surface area contributed by atoms with Crippen molar-refractivity contribution in [1.82, 2.24) is 0 Å². The Kier molecular flexibility index (Phi) is 3.45. The molecule has 0 heterocycles.